The molecule has 0 saturated heterocycles. The van der Waals surface area contributed by atoms with E-state index in [1.807, 2.05) is 53.9 Å². The molecular formula is C22H23N3O2S2. The van der Waals surface area contributed by atoms with Gasteiger partial charge in [0.2, 0.25) is 11.8 Å². The van der Waals surface area contributed by atoms with Crippen molar-refractivity contribution in [3.8, 4) is 0 Å². The van der Waals surface area contributed by atoms with Gasteiger partial charge in [0.25, 0.3) is 0 Å². The maximum atomic E-state index is 12.4. The lowest BCUT2D eigenvalue weighted by Crippen LogP contribution is -2.23. The summed E-state index contributed by atoms with van der Waals surface area (Å²) in [4.78, 5) is 31.0. The average molecular weight is 426 g/mol. The first-order chi connectivity index (χ1) is 14.0. The van der Waals surface area contributed by atoms with Crippen LogP contribution in [0.3, 0.4) is 0 Å². The number of thioether (sulfide) groups is 1. The molecule has 29 heavy (non-hydrogen) atoms. The molecule has 1 aromatic heterocycles. The Morgan fingerprint density at radius 2 is 1.83 bits per heavy atom. The van der Waals surface area contributed by atoms with Crippen molar-refractivity contribution in [2.45, 2.75) is 37.8 Å². The van der Waals surface area contributed by atoms with Crippen LogP contribution in [0.5, 0.6) is 0 Å². The van der Waals surface area contributed by atoms with E-state index in [4.69, 9.17) is 4.98 Å². The van der Waals surface area contributed by atoms with Crippen LogP contribution in [0.2, 0.25) is 0 Å². The maximum absolute atomic E-state index is 12.4. The summed E-state index contributed by atoms with van der Waals surface area (Å²) in [5.74, 6) is 0.574. The van der Waals surface area contributed by atoms with Crippen LogP contribution in [0.15, 0.2) is 58.8 Å². The van der Waals surface area contributed by atoms with Crippen LogP contribution in [0.4, 0.5) is 16.5 Å². The molecule has 0 unspecified atom stereocenters. The molecule has 0 aliphatic heterocycles. The number of hydrogen-bond acceptors (Lipinski definition) is 5. The molecule has 0 aliphatic carbocycles. The molecule has 1 N–H and O–H groups in total. The van der Waals surface area contributed by atoms with E-state index >= 15 is 0 Å². The highest BCUT2D eigenvalue weighted by atomic mass is 32.2. The lowest BCUT2D eigenvalue weighted by Gasteiger charge is -2.20. The van der Waals surface area contributed by atoms with Crippen molar-refractivity contribution >= 4 is 51.4 Å². The fourth-order valence-electron chi connectivity index (χ4n) is 2.90. The summed E-state index contributed by atoms with van der Waals surface area (Å²) < 4.78 is 0. The highest BCUT2D eigenvalue weighted by Gasteiger charge is 2.20. The minimum Gasteiger partial charge on any atom is -0.326 e. The van der Waals surface area contributed by atoms with Crippen LogP contribution in [-0.2, 0) is 21.8 Å². The van der Waals surface area contributed by atoms with Gasteiger partial charge in [0.1, 0.15) is 0 Å². The summed E-state index contributed by atoms with van der Waals surface area (Å²) in [6.07, 6.45) is 0.850. The molecule has 0 spiro atoms. The normalized spacial score (nSPS) is 10.6. The summed E-state index contributed by atoms with van der Waals surface area (Å²) in [6, 6.07) is 15.7. The number of aromatic nitrogens is 1. The van der Waals surface area contributed by atoms with Crippen LogP contribution in [0.25, 0.3) is 0 Å². The van der Waals surface area contributed by atoms with Gasteiger partial charge in [0.15, 0.2) is 5.13 Å². The topological polar surface area (TPSA) is 62.3 Å². The molecule has 7 heteroatoms. The van der Waals surface area contributed by atoms with Crippen LogP contribution < -0.4 is 10.2 Å². The summed E-state index contributed by atoms with van der Waals surface area (Å²) in [5.41, 5.74) is 3.73. The third-order valence-corrected chi connectivity index (χ3v) is 6.14. The van der Waals surface area contributed by atoms with E-state index in [-0.39, 0.29) is 11.8 Å². The van der Waals surface area contributed by atoms with Crippen molar-refractivity contribution in [3.05, 3.63) is 65.2 Å². The molecule has 0 bridgehead atoms. The quantitative estimate of drug-likeness (QED) is 0.498. The number of carbonyl (C=O) groups excluding carboxylic acids is 2. The van der Waals surface area contributed by atoms with E-state index in [0.717, 1.165) is 33.9 Å². The van der Waals surface area contributed by atoms with E-state index < -0.39 is 0 Å². The van der Waals surface area contributed by atoms with Gasteiger partial charge >= 0.3 is 0 Å². The van der Waals surface area contributed by atoms with Gasteiger partial charge < -0.3 is 5.32 Å². The molecule has 0 fully saturated rings. The number of nitrogens with one attached hydrogen (secondary N) is 1. The van der Waals surface area contributed by atoms with Gasteiger partial charge in [-0.25, -0.2) is 4.98 Å². The van der Waals surface area contributed by atoms with Gasteiger partial charge in [0, 0.05) is 35.6 Å². The van der Waals surface area contributed by atoms with Gasteiger partial charge in [-0.3, -0.25) is 14.5 Å². The third kappa shape index (κ3) is 5.46. The lowest BCUT2D eigenvalue weighted by molar-refractivity contribution is -0.116. The Labute approximate surface area is 179 Å². The molecule has 0 radical (unpaired) electrons. The zero-order chi connectivity index (χ0) is 20.8. The van der Waals surface area contributed by atoms with E-state index in [9.17, 15) is 9.59 Å². The number of amides is 2. The third-order valence-electron chi connectivity index (χ3n) is 4.22. The van der Waals surface area contributed by atoms with Gasteiger partial charge in [-0.15, -0.1) is 23.1 Å². The summed E-state index contributed by atoms with van der Waals surface area (Å²) in [6.45, 7) is 5.14. The number of aryl methyl sites for hydroxylation is 1. The fraction of sp³-hybridized carbons (Fsp3) is 0.227. The second-order valence-electron chi connectivity index (χ2n) is 6.45. The van der Waals surface area contributed by atoms with Crippen molar-refractivity contribution < 1.29 is 9.59 Å². The summed E-state index contributed by atoms with van der Waals surface area (Å²) in [7, 11) is 0. The van der Waals surface area contributed by atoms with Crippen molar-refractivity contribution in [2.24, 2.45) is 0 Å². The first-order valence-electron chi connectivity index (χ1n) is 9.31. The molecule has 3 rings (SSSR count). The summed E-state index contributed by atoms with van der Waals surface area (Å²) >= 11 is 3.14. The second-order valence-corrected chi connectivity index (χ2v) is 8.34. The molecule has 0 atom stereocenters. The predicted octanol–water partition coefficient (Wildman–Crippen LogP) is 5.64. The zero-order valence-corrected chi connectivity index (χ0v) is 18.3. The first kappa shape index (κ1) is 21.1. The van der Waals surface area contributed by atoms with Crippen molar-refractivity contribution in [3.63, 3.8) is 0 Å². The molecule has 150 valence electrons. The number of para-hydroxylation sites is 1. The Balaban J connectivity index is 1.72. The number of hydrogen-bond donors (Lipinski definition) is 1. The Morgan fingerprint density at radius 3 is 2.48 bits per heavy atom. The second kappa shape index (κ2) is 9.71. The number of benzene rings is 2. The van der Waals surface area contributed by atoms with Gasteiger partial charge in [0.05, 0.1) is 11.4 Å². The number of carbonyl (C=O) groups is 2. The van der Waals surface area contributed by atoms with E-state index in [0.29, 0.717) is 10.9 Å². The van der Waals surface area contributed by atoms with Gasteiger partial charge in [-0.2, -0.15) is 0 Å². The van der Waals surface area contributed by atoms with Crippen LogP contribution in [-0.4, -0.2) is 16.8 Å². The predicted molar refractivity (Wildman–Crippen MR) is 121 cm³/mol. The molecule has 2 amide bonds. The lowest BCUT2D eigenvalue weighted by atomic mass is 10.1. The minimum absolute atomic E-state index is 0.0481. The van der Waals surface area contributed by atoms with E-state index in [1.54, 1.807) is 23.6 Å². The largest absolute Gasteiger partial charge is 0.326 e. The fourth-order valence-corrected chi connectivity index (χ4v) is 4.67. The molecule has 1 heterocycles. The minimum atomic E-state index is -0.0833. The number of anilines is 3. The molecule has 5 nitrogen and oxygen atoms in total. The highest BCUT2D eigenvalue weighted by molar-refractivity contribution is 7.98. The smallest absolute Gasteiger partial charge is 0.230 e. The van der Waals surface area contributed by atoms with E-state index in [2.05, 4.69) is 12.2 Å². The van der Waals surface area contributed by atoms with E-state index in [1.165, 1.54) is 18.3 Å². The van der Waals surface area contributed by atoms with Crippen LogP contribution in [0, 0.1) is 0 Å². The Hall–Kier alpha value is -2.64. The Kier molecular flexibility index (Phi) is 7.06. The first-order valence-corrected chi connectivity index (χ1v) is 11.2. The van der Waals surface area contributed by atoms with Crippen LogP contribution >= 0.6 is 23.1 Å². The monoisotopic (exact) mass is 425 g/mol. The standard InChI is InChI=1S/C22H23N3O2S2/c1-4-17-7-5-6-8-21(17)25(16(3)27)22-24-19(14-29-22)13-28-20-11-9-18(10-12-20)23-15(2)26/h5-12,14H,4,13H2,1-3H3,(H,23,26). The van der Waals surface area contributed by atoms with Gasteiger partial charge in [-0.05, 0) is 42.3 Å². The van der Waals surface area contributed by atoms with Crippen molar-refractivity contribution in [2.75, 3.05) is 10.2 Å². The Bertz CT molecular complexity index is 999. The molecule has 3 aromatic rings. The Morgan fingerprint density at radius 1 is 1.10 bits per heavy atom. The van der Waals surface area contributed by atoms with Gasteiger partial charge in [-0.1, -0.05) is 25.1 Å². The number of nitrogens with zero attached hydrogens (tertiary/aromatic N) is 2. The molecule has 2 aromatic carbocycles. The number of rotatable bonds is 7. The SMILES string of the molecule is CCc1ccccc1N(C(C)=O)c1nc(CSc2ccc(NC(C)=O)cc2)cs1. The maximum Gasteiger partial charge on any atom is 0.230 e. The molecule has 0 aliphatic rings. The van der Waals surface area contributed by atoms with Crippen LogP contribution in [0.1, 0.15) is 32.0 Å². The molecular weight excluding hydrogens is 402 g/mol. The summed E-state index contributed by atoms with van der Waals surface area (Å²) in [5, 5.41) is 5.45. The van der Waals surface area contributed by atoms with Crippen molar-refractivity contribution in [1.29, 1.82) is 0 Å². The van der Waals surface area contributed by atoms with Crippen molar-refractivity contribution in [1.82, 2.24) is 4.98 Å². The zero-order valence-electron chi connectivity index (χ0n) is 16.6. The molecule has 0 saturated carbocycles. The number of thiazole rings is 1. The average Bonchev–Trinajstić information content (AvgIpc) is 3.16. The highest BCUT2D eigenvalue weighted by Crippen LogP contribution is 2.33.